The van der Waals surface area contributed by atoms with E-state index in [-0.39, 0.29) is 5.56 Å². The van der Waals surface area contributed by atoms with Crippen molar-refractivity contribution in [3.8, 4) is 0 Å². The summed E-state index contributed by atoms with van der Waals surface area (Å²) in [5.74, 6) is -0.947. The number of benzene rings is 2. The molecule has 102 valence electrons. The van der Waals surface area contributed by atoms with Gasteiger partial charge in [0.05, 0.1) is 17.0 Å². The van der Waals surface area contributed by atoms with E-state index in [4.69, 9.17) is 16.7 Å². The molecule has 0 unspecified atom stereocenters. The molecule has 0 bridgehead atoms. The summed E-state index contributed by atoms with van der Waals surface area (Å²) >= 11 is 5.83. The predicted molar refractivity (Wildman–Crippen MR) is 80.7 cm³/mol. The Labute approximate surface area is 121 Å². The third kappa shape index (κ3) is 3.59. The minimum atomic E-state index is -0.947. The Morgan fingerprint density at radius 3 is 2.15 bits per heavy atom. The van der Waals surface area contributed by atoms with E-state index in [0.29, 0.717) is 5.02 Å². The predicted octanol–water partition coefficient (Wildman–Crippen LogP) is 3.87. The van der Waals surface area contributed by atoms with Crippen LogP contribution in [0.4, 0.5) is 5.69 Å². The number of carbonyl (C=O) groups is 1. The van der Waals surface area contributed by atoms with E-state index in [9.17, 15) is 4.79 Å². The van der Waals surface area contributed by atoms with Crippen molar-refractivity contribution in [1.29, 1.82) is 0 Å². The average molecular weight is 289 g/mol. The van der Waals surface area contributed by atoms with Crippen LogP contribution in [0.25, 0.3) is 0 Å². The average Bonchev–Trinajstić information content (AvgIpc) is 2.46. The SMILES string of the molecule is C/C(=N\Nc1ccc(C(=O)O)cc1)c1ccc(Cl)cc1. The summed E-state index contributed by atoms with van der Waals surface area (Å²) in [4.78, 5) is 10.7. The maximum atomic E-state index is 10.7. The highest BCUT2D eigenvalue weighted by Gasteiger charge is 2.01. The molecule has 0 heterocycles. The molecule has 2 rings (SSSR count). The van der Waals surface area contributed by atoms with Crippen LogP contribution in [0.15, 0.2) is 53.6 Å². The monoisotopic (exact) mass is 288 g/mol. The highest BCUT2D eigenvalue weighted by molar-refractivity contribution is 6.30. The van der Waals surface area contributed by atoms with Gasteiger partial charge in [0.25, 0.3) is 0 Å². The zero-order valence-electron chi connectivity index (χ0n) is 10.8. The van der Waals surface area contributed by atoms with E-state index in [0.717, 1.165) is 17.0 Å². The Hall–Kier alpha value is -2.33. The summed E-state index contributed by atoms with van der Waals surface area (Å²) in [6, 6.07) is 13.8. The Bertz CT molecular complexity index is 634. The first-order valence-electron chi connectivity index (χ1n) is 5.96. The quantitative estimate of drug-likeness (QED) is 0.663. The molecular formula is C15H13ClN2O2. The number of aromatic carboxylic acids is 1. The summed E-state index contributed by atoms with van der Waals surface area (Å²) in [6.07, 6.45) is 0. The standard InChI is InChI=1S/C15H13ClN2O2/c1-10(11-2-6-13(16)7-3-11)17-18-14-8-4-12(5-9-14)15(19)20/h2-9,18H,1H3,(H,19,20)/b17-10+. The van der Waals surface area contributed by atoms with Crippen LogP contribution in [0, 0.1) is 0 Å². The van der Waals surface area contributed by atoms with Crippen molar-refractivity contribution in [1.82, 2.24) is 0 Å². The van der Waals surface area contributed by atoms with Gasteiger partial charge in [-0.1, -0.05) is 23.7 Å². The fourth-order valence-corrected chi connectivity index (χ4v) is 1.72. The zero-order chi connectivity index (χ0) is 14.5. The number of rotatable bonds is 4. The van der Waals surface area contributed by atoms with E-state index < -0.39 is 5.97 Å². The summed E-state index contributed by atoms with van der Waals surface area (Å²) in [5, 5.41) is 13.7. The van der Waals surface area contributed by atoms with Crippen LogP contribution in [0.5, 0.6) is 0 Å². The molecule has 0 aliphatic heterocycles. The number of anilines is 1. The van der Waals surface area contributed by atoms with Crippen molar-refractivity contribution in [2.75, 3.05) is 5.43 Å². The third-order valence-electron chi connectivity index (χ3n) is 2.75. The van der Waals surface area contributed by atoms with Crippen LogP contribution in [0.3, 0.4) is 0 Å². The summed E-state index contributed by atoms with van der Waals surface area (Å²) in [5.41, 5.74) is 5.63. The smallest absolute Gasteiger partial charge is 0.335 e. The fourth-order valence-electron chi connectivity index (χ4n) is 1.59. The minimum absolute atomic E-state index is 0.244. The summed E-state index contributed by atoms with van der Waals surface area (Å²) in [6.45, 7) is 1.88. The first-order valence-corrected chi connectivity index (χ1v) is 6.33. The van der Waals surface area contributed by atoms with Crippen LogP contribution in [0.2, 0.25) is 5.02 Å². The van der Waals surface area contributed by atoms with Gasteiger partial charge >= 0.3 is 5.97 Å². The molecule has 20 heavy (non-hydrogen) atoms. The van der Waals surface area contributed by atoms with Crippen molar-refractivity contribution in [2.24, 2.45) is 5.10 Å². The topological polar surface area (TPSA) is 61.7 Å². The molecule has 4 nitrogen and oxygen atoms in total. The molecule has 0 aliphatic rings. The number of halogens is 1. The first-order chi connectivity index (χ1) is 9.56. The lowest BCUT2D eigenvalue weighted by molar-refractivity contribution is 0.0697. The van der Waals surface area contributed by atoms with Gasteiger partial charge in [-0.15, -0.1) is 0 Å². The largest absolute Gasteiger partial charge is 0.478 e. The van der Waals surface area contributed by atoms with E-state index in [1.807, 2.05) is 19.1 Å². The van der Waals surface area contributed by atoms with Crippen LogP contribution in [-0.4, -0.2) is 16.8 Å². The Balaban J connectivity index is 2.08. The number of carboxylic acid groups (broad SMARTS) is 1. The van der Waals surface area contributed by atoms with Gasteiger partial charge in [-0.05, 0) is 48.9 Å². The van der Waals surface area contributed by atoms with Crippen molar-refractivity contribution in [3.63, 3.8) is 0 Å². The van der Waals surface area contributed by atoms with Gasteiger partial charge < -0.3 is 5.11 Å². The van der Waals surface area contributed by atoms with Crippen molar-refractivity contribution < 1.29 is 9.90 Å². The fraction of sp³-hybridized carbons (Fsp3) is 0.0667. The number of hydrogen-bond donors (Lipinski definition) is 2. The van der Waals surface area contributed by atoms with Crippen LogP contribution >= 0.6 is 11.6 Å². The molecule has 0 aromatic heterocycles. The maximum Gasteiger partial charge on any atom is 0.335 e. The summed E-state index contributed by atoms with van der Waals surface area (Å²) < 4.78 is 0. The Kier molecular flexibility index (Phi) is 4.38. The van der Waals surface area contributed by atoms with Crippen molar-refractivity contribution in [3.05, 3.63) is 64.7 Å². The number of carboxylic acids is 1. The molecule has 0 aliphatic carbocycles. The second kappa shape index (κ2) is 6.21. The van der Waals surface area contributed by atoms with Crippen molar-refractivity contribution >= 4 is 29.0 Å². The van der Waals surface area contributed by atoms with Gasteiger partial charge in [0, 0.05) is 5.02 Å². The highest BCUT2D eigenvalue weighted by atomic mass is 35.5. The van der Waals surface area contributed by atoms with Gasteiger partial charge in [0.2, 0.25) is 0 Å². The molecule has 0 radical (unpaired) electrons. The Morgan fingerprint density at radius 2 is 1.60 bits per heavy atom. The molecule has 0 atom stereocenters. The number of nitrogens with zero attached hydrogens (tertiary/aromatic N) is 1. The third-order valence-corrected chi connectivity index (χ3v) is 3.00. The molecule has 0 amide bonds. The van der Waals surface area contributed by atoms with E-state index in [2.05, 4.69) is 10.5 Å². The summed E-state index contributed by atoms with van der Waals surface area (Å²) in [7, 11) is 0. The lowest BCUT2D eigenvalue weighted by atomic mass is 10.1. The Morgan fingerprint density at radius 1 is 1.05 bits per heavy atom. The van der Waals surface area contributed by atoms with Crippen LogP contribution in [0.1, 0.15) is 22.8 Å². The van der Waals surface area contributed by atoms with E-state index >= 15 is 0 Å². The van der Waals surface area contributed by atoms with Crippen molar-refractivity contribution in [2.45, 2.75) is 6.92 Å². The molecular weight excluding hydrogens is 276 g/mol. The van der Waals surface area contributed by atoms with Crippen LogP contribution < -0.4 is 5.43 Å². The highest BCUT2D eigenvalue weighted by Crippen LogP contribution is 2.12. The second-order valence-corrected chi connectivity index (χ2v) is 4.63. The van der Waals surface area contributed by atoms with E-state index in [1.54, 1.807) is 24.3 Å². The van der Waals surface area contributed by atoms with E-state index in [1.165, 1.54) is 12.1 Å². The molecule has 0 saturated heterocycles. The molecule has 0 fully saturated rings. The normalized spacial score (nSPS) is 11.2. The lowest BCUT2D eigenvalue weighted by Crippen LogP contribution is -2.00. The molecule has 5 heteroatoms. The second-order valence-electron chi connectivity index (χ2n) is 4.20. The lowest BCUT2D eigenvalue weighted by Gasteiger charge is -2.04. The van der Waals surface area contributed by atoms with Gasteiger partial charge in [-0.3, -0.25) is 5.43 Å². The number of hydrazone groups is 1. The maximum absolute atomic E-state index is 10.7. The number of hydrogen-bond acceptors (Lipinski definition) is 3. The van der Waals surface area contributed by atoms with Gasteiger partial charge in [-0.2, -0.15) is 5.10 Å². The molecule has 2 N–H and O–H groups in total. The first kappa shape index (κ1) is 14.1. The molecule has 0 saturated carbocycles. The van der Waals surface area contributed by atoms with Gasteiger partial charge in [0.15, 0.2) is 0 Å². The zero-order valence-corrected chi connectivity index (χ0v) is 11.6. The van der Waals surface area contributed by atoms with Gasteiger partial charge in [0.1, 0.15) is 0 Å². The van der Waals surface area contributed by atoms with Gasteiger partial charge in [-0.25, -0.2) is 4.79 Å². The molecule has 2 aromatic rings. The van der Waals surface area contributed by atoms with Crippen LogP contribution in [-0.2, 0) is 0 Å². The minimum Gasteiger partial charge on any atom is -0.478 e. The number of nitrogens with one attached hydrogen (secondary N) is 1. The molecule has 2 aromatic carbocycles. The molecule has 0 spiro atoms.